The van der Waals surface area contributed by atoms with E-state index in [9.17, 15) is 4.79 Å². The molecule has 3 aromatic rings. The molecule has 4 nitrogen and oxygen atoms in total. The fourth-order valence-corrected chi connectivity index (χ4v) is 5.07. The quantitative estimate of drug-likeness (QED) is 0.258. The first kappa shape index (κ1) is 23.6. The number of fused-ring (bicyclic) bond motifs is 1. The van der Waals surface area contributed by atoms with Gasteiger partial charge in [0.05, 0.1) is 18.0 Å². The first-order valence-electron chi connectivity index (χ1n) is 11.6. The van der Waals surface area contributed by atoms with Crippen molar-refractivity contribution in [3.8, 4) is 16.9 Å². The second-order valence-corrected chi connectivity index (χ2v) is 9.41. The highest BCUT2D eigenvalue weighted by Gasteiger charge is 2.25. The summed E-state index contributed by atoms with van der Waals surface area (Å²) >= 11 is 2.40. The molecule has 4 rings (SSSR count). The minimum atomic E-state index is 0.00249. The highest BCUT2D eigenvalue weighted by atomic mass is 127. The summed E-state index contributed by atoms with van der Waals surface area (Å²) in [6.07, 6.45) is 1.80. The van der Waals surface area contributed by atoms with Crippen molar-refractivity contribution in [3.05, 3.63) is 77.4 Å². The van der Waals surface area contributed by atoms with Crippen molar-refractivity contribution < 1.29 is 9.53 Å². The van der Waals surface area contributed by atoms with Crippen LogP contribution in [0.4, 0.5) is 11.4 Å². The van der Waals surface area contributed by atoms with Crippen molar-refractivity contribution in [2.45, 2.75) is 44.1 Å². The van der Waals surface area contributed by atoms with E-state index in [0.717, 1.165) is 45.5 Å². The number of nitrogens with one attached hydrogen (secondary N) is 1. The van der Waals surface area contributed by atoms with Crippen molar-refractivity contribution in [2.75, 3.05) is 23.4 Å². The summed E-state index contributed by atoms with van der Waals surface area (Å²) in [7, 11) is 0. The number of rotatable bonds is 6. The molecular formula is C28H31IN2O2. The van der Waals surface area contributed by atoms with E-state index in [4.69, 9.17) is 4.74 Å². The average Bonchev–Trinajstić information content (AvgIpc) is 3.00. The zero-order valence-corrected chi connectivity index (χ0v) is 21.7. The number of carbonyl (C=O) groups excluding carboxylic acids is 1. The molecule has 1 unspecified atom stereocenters. The number of alkyl halides is 1. The summed E-state index contributed by atoms with van der Waals surface area (Å²) in [6.45, 7) is 7.68. The fraction of sp³-hybridized carbons (Fsp3) is 0.321. The molecule has 33 heavy (non-hydrogen) atoms. The van der Waals surface area contributed by atoms with Crippen LogP contribution in [0.2, 0.25) is 0 Å². The van der Waals surface area contributed by atoms with Gasteiger partial charge in [-0.2, -0.15) is 0 Å². The van der Waals surface area contributed by atoms with Crippen LogP contribution in [0.5, 0.6) is 5.75 Å². The number of carbonyl (C=O) groups is 1. The number of aryl methyl sites for hydroxylation is 1. The van der Waals surface area contributed by atoms with E-state index in [1.165, 1.54) is 11.1 Å². The number of nitrogens with zero attached hydrogens (tertiary/aromatic N) is 1. The molecule has 0 fully saturated rings. The Kier molecular flexibility index (Phi) is 7.58. The maximum absolute atomic E-state index is 13.7. The van der Waals surface area contributed by atoms with Crippen LogP contribution in [0.3, 0.4) is 0 Å². The van der Waals surface area contributed by atoms with Gasteiger partial charge in [0.25, 0.3) is 5.91 Å². The van der Waals surface area contributed by atoms with Gasteiger partial charge in [-0.25, -0.2) is 0 Å². The third kappa shape index (κ3) is 5.18. The molecule has 0 bridgehead atoms. The number of anilines is 2. The smallest absolute Gasteiger partial charge is 0.258 e. The van der Waals surface area contributed by atoms with Crippen LogP contribution in [-0.4, -0.2) is 25.1 Å². The van der Waals surface area contributed by atoms with Crippen molar-refractivity contribution >= 4 is 39.9 Å². The van der Waals surface area contributed by atoms with Crippen LogP contribution in [-0.2, 0) is 4.43 Å². The van der Waals surface area contributed by atoms with E-state index >= 15 is 0 Å². The van der Waals surface area contributed by atoms with E-state index in [1.54, 1.807) is 0 Å². The highest BCUT2D eigenvalue weighted by molar-refractivity contribution is 14.1. The molecule has 0 radical (unpaired) electrons. The van der Waals surface area contributed by atoms with E-state index in [0.29, 0.717) is 24.8 Å². The summed E-state index contributed by atoms with van der Waals surface area (Å²) in [6, 6.07) is 20.8. The molecule has 3 aromatic carbocycles. The SMILES string of the molecule is CCCOc1cc(C(=O)N2CCC(C)Nc3ccccc32)ccc1-c1ccc(CI)c(C)c1. The van der Waals surface area contributed by atoms with Crippen LogP contribution in [0.1, 0.15) is 48.2 Å². The van der Waals surface area contributed by atoms with E-state index in [2.05, 4.69) is 66.9 Å². The molecule has 0 saturated heterocycles. The fourth-order valence-electron chi connectivity index (χ4n) is 4.22. The Bertz CT molecular complexity index is 1140. The first-order valence-corrected chi connectivity index (χ1v) is 13.1. The second-order valence-electron chi connectivity index (χ2n) is 8.64. The summed E-state index contributed by atoms with van der Waals surface area (Å²) < 4.78 is 7.13. The Morgan fingerprint density at radius 2 is 1.97 bits per heavy atom. The number of ether oxygens (including phenoxy) is 1. The zero-order valence-electron chi connectivity index (χ0n) is 19.5. The lowest BCUT2D eigenvalue weighted by atomic mass is 9.98. The van der Waals surface area contributed by atoms with E-state index < -0.39 is 0 Å². The standard InChI is InChI=1S/C28H31IN2O2/c1-4-15-33-27-17-22(11-12-24(27)21-9-10-23(18-29)19(2)16-21)28(32)31-14-13-20(3)30-25-7-5-6-8-26(25)31/h5-12,16-17,20,30H,4,13-15,18H2,1-3H3. The minimum absolute atomic E-state index is 0.00249. The second kappa shape index (κ2) is 10.6. The topological polar surface area (TPSA) is 41.6 Å². The van der Waals surface area contributed by atoms with E-state index in [-0.39, 0.29) is 5.91 Å². The number of para-hydroxylation sites is 2. The molecule has 1 heterocycles. The molecule has 0 saturated carbocycles. The Morgan fingerprint density at radius 3 is 2.73 bits per heavy atom. The molecule has 1 aliphatic rings. The summed E-state index contributed by atoms with van der Waals surface area (Å²) in [5.74, 6) is 0.765. The van der Waals surface area contributed by atoms with Gasteiger partial charge >= 0.3 is 0 Å². The Morgan fingerprint density at radius 1 is 1.15 bits per heavy atom. The number of benzene rings is 3. The maximum Gasteiger partial charge on any atom is 0.258 e. The monoisotopic (exact) mass is 554 g/mol. The molecule has 1 atom stereocenters. The lowest BCUT2D eigenvalue weighted by Crippen LogP contribution is -2.32. The Hall–Kier alpha value is -2.54. The lowest BCUT2D eigenvalue weighted by Gasteiger charge is -2.23. The lowest BCUT2D eigenvalue weighted by molar-refractivity contribution is 0.0986. The van der Waals surface area contributed by atoms with Gasteiger partial charge in [0.2, 0.25) is 0 Å². The third-order valence-corrected chi connectivity index (χ3v) is 6.94. The maximum atomic E-state index is 13.7. The highest BCUT2D eigenvalue weighted by Crippen LogP contribution is 2.35. The Labute approximate surface area is 210 Å². The molecule has 5 heteroatoms. The van der Waals surface area contributed by atoms with Crippen LogP contribution in [0.25, 0.3) is 11.1 Å². The summed E-state index contributed by atoms with van der Waals surface area (Å²) in [5.41, 5.74) is 7.32. The number of halogens is 1. The predicted molar refractivity (Wildman–Crippen MR) is 146 cm³/mol. The number of amides is 1. The summed E-state index contributed by atoms with van der Waals surface area (Å²) in [4.78, 5) is 15.6. The molecule has 1 amide bonds. The van der Waals surface area contributed by atoms with Gasteiger partial charge in [-0.3, -0.25) is 4.79 Å². The van der Waals surface area contributed by atoms with Crippen molar-refractivity contribution in [1.82, 2.24) is 0 Å². The molecule has 172 valence electrons. The van der Waals surface area contributed by atoms with Crippen molar-refractivity contribution in [1.29, 1.82) is 0 Å². The van der Waals surface area contributed by atoms with Crippen LogP contribution in [0.15, 0.2) is 60.7 Å². The van der Waals surface area contributed by atoms with Crippen LogP contribution < -0.4 is 15.0 Å². The molecule has 1 N–H and O–H groups in total. The molecule has 0 aliphatic carbocycles. The largest absolute Gasteiger partial charge is 0.493 e. The van der Waals surface area contributed by atoms with Gasteiger partial charge < -0.3 is 15.0 Å². The minimum Gasteiger partial charge on any atom is -0.493 e. The van der Waals surface area contributed by atoms with Crippen LogP contribution in [0, 0.1) is 6.92 Å². The van der Waals surface area contributed by atoms with Gasteiger partial charge in [-0.05, 0) is 73.7 Å². The van der Waals surface area contributed by atoms with Gasteiger partial charge in [0.15, 0.2) is 0 Å². The van der Waals surface area contributed by atoms with Gasteiger partial charge in [-0.1, -0.05) is 59.8 Å². The molecular weight excluding hydrogens is 523 g/mol. The number of hydrogen-bond acceptors (Lipinski definition) is 3. The van der Waals surface area contributed by atoms with Gasteiger partial charge in [0.1, 0.15) is 5.75 Å². The average molecular weight is 554 g/mol. The van der Waals surface area contributed by atoms with Crippen molar-refractivity contribution in [3.63, 3.8) is 0 Å². The first-order chi connectivity index (χ1) is 16.0. The third-order valence-electron chi connectivity index (χ3n) is 6.12. The molecule has 1 aliphatic heterocycles. The van der Waals surface area contributed by atoms with Crippen LogP contribution >= 0.6 is 22.6 Å². The molecule has 0 spiro atoms. The number of hydrogen-bond donors (Lipinski definition) is 1. The van der Waals surface area contributed by atoms with E-state index in [1.807, 2.05) is 47.4 Å². The predicted octanol–water partition coefficient (Wildman–Crippen LogP) is 7.24. The molecule has 0 aromatic heterocycles. The van der Waals surface area contributed by atoms with Crippen molar-refractivity contribution in [2.24, 2.45) is 0 Å². The summed E-state index contributed by atoms with van der Waals surface area (Å²) in [5, 5.41) is 3.52. The Balaban J connectivity index is 1.71. The van der Waals surface area contributed by atoms with Gasteiger partial charge in [0, 0.05) is 28.1 Å². The normalized spacial score (nSPS) is 15.4. The zero-order chi connectivity index (χ0) is 23.4. The van der Waals surface area contributed by atoms with Gasteiger partial charge in [-0.15, -0.1) is 0 Å².